The van der Waals surface area contributed by atoms with Crippen LogP contribution < -0.4 is 5.32 Å². The second kappa shape index (κ2) is 2.21. The van der Waals surface area contributed by atoms with Crippen LogP contribution in [0.3, 0.4) is 0 Å². The Balaban J connectivity index is 2.67. The molecule has 0 aromatic carbocycles. The molecule has 1 rings (SSSR count). The molecular weight excluding hydrogens is 114 g/mol. The lowest BCUT2D eigenvalue weighted by atomic mass is 10.1. The highest BCUT2D eigenvalue weighted by molar-refractivity contribution is 5.89. The first kappa shape index (κ1) is 6.33. The fraction of sp³-hybridized carbons (Fsp3) is 0.571. The van der Waals surface area contributed by atoms with Gasteiger partial charge >= 0.3 is 0 Å². The van der Waals surface area contributed by atoms with Crippen molar-refractivity contribution >= 4 is 5.91 Å². The van der Waals surface area contributed by atoms with E-state index in [-0.39, 0.29) is 5.91 Å². The van der Waals surface area contributed by atoms with Gasteiger partial charge in [0.15, 0.2) is 0 Å². The number of carbonyl (C=O) groups is 1. The SMILES string of the molecule is CC1=CC(=O)NC(C)C1. The summed E-state index contributed by atoms with van der Waals surface area (Å²) >= 11 is 0. The van der Waals surface area contributed by atoms with Crippen LogP contribution in [0.25, 0.3) is 0 Å². The lowest BCUT2D eigenvalue weighted by Gasteiger charge is -2.17. The average Bonchev–Trinajstić information content (AvgIpc) is 1.59. The van der Waals surface area contributed by atoms with Crippen molar-refractivity contribution in [2.75, 3.05) is 0 Å². The smallest absolute Gasteiger partial charge is 0.244 e. The highest BCUT2D eigenvalue weighted by atomic mass is 16.1. The van der Waals surface area contributed by atoms with Crippen LogP contribution in [-0.2, 0) is 4.79 Å². The van der Waals surface area contributed by atoms with Crippen LogP contribution >= 0.6 is 0 Å². The minimum Gasteiger partial charge on any atom is -0.350 e. The number of hydrogen-bond donors (Lipinski definition) is 1. The van der Waals surface area contributed by atoms with Gasteiger partial charge in [0.05, 0.1) is 0 Å². The van der Waals surface area contributed by atoms with Crippen molar-refractivity contribution in [1.82, 2.24) is 5.32 Å². The lowest BCUT2D eigenvalue weighted by molar-refractivity contribution is -0.117. The van der Waals surface area contributed by atoms with E-state index in [0.29, 0.717) is 6.04 Å². The van der Waals surface area contributed by atoms with Crippen molar-refractivity contribution in [2.24, 2.45) is 0 Å². The highest BCUT2D eigenvalue weighted by Gasteiger charge is 2.11. The summed E-state index contributed by atoms with van der Waals surface area (Å²) in [6.45, 7) is 3.99. The molecule has 1 N–H and O–H groups in total. The van der Waals surface area contributed by atoms with E-state index in [0.717, 1.165) is 6.42 Å². The summed E-state index contributed by atoms with van der Waals surface area (Å²) in [7, 11) is 0. The Bertz CT molecular complexity index is 160. The molecular formula is C7H11NO. The Kier molecular flexibility index (Phi) is 1.56. The van der Waals surface area contributed by atoms with Crippen molar-refractivity contribution < 1.29 is 4.79 Å². The van der Waals surface area contributed by atoms with Crippen LogP contribution in [0.15, 0.2) is 11.6 Å². The zero-order chi connectivity index (χ0) is 6.85. The van der Waals surface area contributed by atoms with E-state index in [4.69, 9.17) is 0 Å². The van der Waals surface area contributed by atoms with E-state index in [1.807, 2.05) is 13.8 Å². The average molecular weight is 125 g/mol. The monoisotopic (exact) mass is 125 g/mol. The molecule has 1 aliphatic heterocycles. The van der Waals surface area contributed by atoms with Gasteiger partial charge in [0.25, 0.3) is 0 Å². The van der Waals surface area contributed by atoms with Crippen molar-refractivity contribution in [2.45, 2.75) is 26.3 Å². The minimum absolute atomic E-state index is 0.0475. The summed E-state index contributed by atoms with van der Waals surface area (Å²) in [5, 5.41) is 2.79. The first-order chi connectivity index (χ1) is 4.18. The molecule has 0 bridgehead atoms. The molecule has 1 atom stereocenters. The molecule has 2 heteroatoms. The predicted molar refractivity (Wildman–Crippen MR) is 36.0 cm³/mol. The second-order valence-corrected chi connectivity index (χ2v) is 2.60. The maximum Gasteiger partial charge on any atom is 0.244 e. The second-order valence-electron chi connectivity index (χ2n) is 2.60. The van der Waals surface area contributed by atoms with Gasteiger partial charge in [-0.05, 0) is 20.3 Å². The highest BCUT2D eigenvalue weighted by Crippen LogP contribution is 2.08. The van der Waals surface area contributed by atoms with E-state index in [1.54, 1.807) is 6.08 Å². The summed E-state index contributed by atoms with van der Waals surface area (Å²) in [6.07, 6.45) is 2.64. The molecule has 9 heavy (non-hydrogen) atoms. The van der Waals surface area contributed by atoms with E-state index in [1.165, 1.54) is 5.57 Å². The standard InChI is InChI=1S/C7H11NO/c1-5-3-6(2)8-7(9)4-5/h4,6H,3H2,1-2H3,(H,8,9). The van der Waals surface area contributed by atoms with E-state index in [9.17, 15) is 4.79 Å². The van der Waals surface area contributed by atoms with Crippen LogP contribution in [0, 0.1) is 0 Å². The van der Waals surface area contributed by atoms with Gasteiger partial charge in [0.2, 0.25) is 5.91 Å². The van der Waals surface area contributed by atoms with E-state index in [2.05, 4.69) is 5.32 Å². The van der Waals surface area contributed by atoms with Crippen LogP contribution in [0.2, 0.25) is 0 Å². The van der Waals surface area contributed by atoms with Crippen LogP contribution in [0.1, 0.15) is 20.3 Å². The van der Waals surface area contributed by atoms with Crippen molar-refractivity contribution in [1.29, 1.82) is 0 Å². The largest absolute Gasteiger partial charge is 0.350 e. The Hall–Kier alpha value is -0.790. The van der Waals surface area contributed by atoms with Crippen molar-refractivity contribution in [3.8, 4) is 0 Å². The third-order valence-electron chi connectivity index (χ3n) is 1.39. The number of amides is 1. The summed E-state index contributed by atoms with van der Waals surface area (Å²) in [6, 6.07) is 0.322. The quantitative estimate of drug-likeness (QED) is 0.510. The zero-order valence-corrected chi connectivity index (χ0v) is 5.77. The third kappa shape index (κ3) is 1.56. The normalized spacial score (nSPS) is 27.1. The number of rotatable bonds is 0. The molecule has 1 amide bonds. The predicted octanol–water partition coefficient (Wildman–Crippen LogP) is 0.841. The topological polar surface area (TPSA) is 29.1 Å². The maximum atomic E-state index is 10.7. The first-order valence-corrected chi connectivity index (χ1v) is 3.16. The van der Waals surface area contributed by atoms with Gasteiger partial charge in [0.1, 0.15) is 0 Å². The van der Waals surface area contributed by atoms with Gasteiger partial charge in [-0.3, -0.25) is 4.79 Å². The summed E-state index contributed by atoms with van der Waals surface area (Å²) < 4.78 is 0. The number of nitrogens with one attached hydrogen (secondary N) is 1. The molecule has 0 radical (unpaired) electrons. The van der Waals surface area contributed by atoms with E-state index >= 15 is 0 Å². The molecule has 1 unspecified atom stereocenters. The maximum absolute atomic E-state index is 10.7. The van der Waals surface area contributed by atoms with Crippen LogP contribution in [-0.4, -0.2) is 11.9 Å². The van der Waals surface area contributed by atoms with Gasteiger partial charge in [-0.1, -0.05) is 5.57 Å². The van der Waals surface area contributed by atoms with Gasteiger partial charge in [-0.2, -0.15) is 0 Å². The zero-order valence-electron chi connectivity index (χ0n) is 5.77. The molecule has 0 saturated heterocycles. The molecule has 2 nitrogen and oxygen atoms in total. The minimum atomic E-state index is 0.0475. The number of hydrogen-bond acceptors (Lipinski definition) is 1. The third-order valence-corrected chi connectivity index (χ3v) is 1.39. The van der Waals surface area contributed by atoms with Crippen molar-refractivity contribution in [3.05, 3.63) is 11.6 Å². The molecule has 0 aromatic heterocycles. The molecule has 50 valence electrons. The first-order valence-electron chi connectivity index (χ1n) is 3.16. The molecule has 0 fully saturated rings. The Morgan fingerprint density at radius 1 is 1.78 bits per heavy atom. The van der Waals surface area contributed by atoms with Gasteiger partial charge in [-0.25, -0.2) is 0 Å². The van der Waals surface area contributed by atoms with Gasteiger partial charge in [0, 0.05) is 12.1 Å². The van der Waals surface area contributed by atoms with Crippen molar-refractivity contribution in [3.63, 3.8) is 0 Å². The molecule has 0 spiro atoms. The van der Waals surface area contributed by atoms with Crippen LogP contribution in [0.4, 0.5) is 0 Å². The fourth-order valence-corrected chi connectivity index (χ4v) is 1.10. The summed E-state index contributed by atoms with van der Waals surface area (Å²) in [4.78, 5) is 10.7. The summed E-state index contributed by atoms with van der Waals surface area (Å²) in [5.41, 5.74) is 1.17. The van der Waals surface area contributed by atoms with Gasteiger partial charge < -0.3 is 5.32 Å². The summed E-state index contributed by atoms with van der Waals surface area (Å²) in [5.74, 6) is 0.0475. The Morgan fingerprint density at radius 3 is 2.89 bits per heavy atom. The van der Waals surface area contributed by atoms with Gasteiger partial charge in [-0.15, -0.1) is 0 Å². The molecule has 1 aliphatic rings. The number of carbonyl (C=O) groups excluding carboxylic acids is 1. The molecule has 0 aliphatic carbocycles. The Morgan fingerprint density at radius 2 is 2.44 bits per heavy atom. The van der Waals surface area contributed by atoms with Crippen LogP contribution in [0.5, 0.6) is 0 Å². The molecule has 1 heterocycles. The lowest BCUT2D eigenvalue weighted by Crippen LogP contribution is -2.34. The molecule has 0 saturated carbocycles. The molecule has 0 aromatic rings. The van der Waals surface area contributed by atoms with E-state index < -0.39 is 0 Å². The Labute approximate surface area is 54.9 Å². The fourth-order valence-electron chi connectivity index (χ4n) is 1.10.